The van der Waals surface area contributed by atoms with Gasteiger partial charge in [0.05, 0.1) is 11.8 Å². The van der Waals surface area contributed by atoms with Crippen molar-refractivity contribution in [3.8, 4) is 0 Å². The SMILES string of the molecule is O=C(N[C@@H](CSC(=O)OCOC(=O)C1CCCCC1)C(=O)O)OCOC(=O)C1CCCCC1. The molecule has 2 fully saturated rings. The third-order valence-electron chi connectivity index (χ3n) is 5.60. The highest BCUT2D eigenvalue weighted by Crippen LogP contribution is 2.25. The molecular weight excluding hydrogens is 458 g/mol. The number of thioether (sulfide) groups is 1. The highest BCUT2D eigenvalue weighted by Gasteiger charge is 2.26. The summed E-state index contributed by atoms with van der Waals surface area (Å²) < 4.78 is 19.3. The monoisotopic (exact) mass is 489 g/mol. The third kappa shape index (κ3) is 10.3. The van der Waals surface area contributed by atoms with Gasteiger partial charge in [0.25, 0.3) is 0 Å². The van der Waals surface area contributed by atoms with Crippen molar-refractivity contribution in [1.29, 1.82) is 0 Å². The maximum atomic E-state index is 11.9. The van der Waals surface area contributed by atoms with Crippen LogP contribution in [-0.2, 0) is 33.3 Å². The number of amides is 1. The van der Waals surface area contributed by atoms with Crippen LogP contribution in [0.3, 0.4) is 0 Å². The van der Waals surface area contributed by atoms with E-state index in [-0.39, 0.29) is 17.6 Å². The van der Waals surface area contributed by atoms with Gasteiger partial charge in [-0.2, -0.15) is 0 Å². The maximum absolute atomic E-state index is 11.9. The molecule has 2 saturated carbocycles. The van der Waals surface area contributed by atoms with Crippen molar-refractivity contribution in [3.63, 3.8) is 0 Å². The number of carbonyl (C=O) groups excluding carboxylic acids is 4. The van der Waals surface area contributed by atoms with Crippen LogP contribution >= 0.6 is 11.8 Å². The Labute approximate surface area is 196 Å². The van der Waals surface area contributed by atoms with Crippen LogP contribution in [0.4, 0.5) is 9.59 Å². The Morgan fingerprint density at radius 2 is 1.24 bits per heavy atom. The topological polar surface area (TPSA) is 155 Å². The van der Waals surface area contributed by atoms with Crippen LogP contribution in [0.1, 0.15) is 64.2 Å². The number of hydrogen-bond donors (Lipinski definition) is 2. The summed E-state index contributed by atoms with van der Waals surface area (Å²) in [6, 6.07) is -1.45. The Morgan fingerprint density at radius 3 is 1.73 bits per heavy atom. The van der Waals surface area contributed by atoms with Crippen molar-refractivity contribution >= 4 is 41.1 Å². The molecule has 2 rings (SSSR count). The first-order valence-electron chi connectivity index (χ1n) is 11.2. The Kier molecular flexibility index (Phi) is 11.8. The van der Waals surface area contributed by atoms with Crippen LogP contribution in [0.15, 0.2) is 0 Å². The number of carboxylic acids is 1. The molecule has 2 aliphatic rings. The molecule has 0 saturated heterocycles. The predicted octanol–water partition coefficient (Wildman–Crippen LogP) is 3.20. The molecule has 186 valence electrons. The van der Waals surface area contributed by atoms with Gasteiger partial charge in [0.2, 0.25) is 13.6 Å². The van der Waals surface area contributed by atoms with Crippen LogP contribution in [0.25, 0.3) is 0 Å². The summed E-state index contributed by atoms with van der Waals surface area (Å²) in [5.74, 6) is -2.98. The zero-order chi connectivity index (χ0) is 24.1. The molecule has 0 radical (unpaired) electrons. The Bertz CT molecular complexity index is 689. The van der Waals surface area contributed by atoms with E-state index in [9.17, 15) is 29.1 Å². The number of esters is 2. The van der Waals surface area contributed by atoms with Gasteiger partial charge in [-0.1, -0.05) is 38.5 Å². The number of aliphatic carboxylic acids is 1. The van der Waals surface area contributed by atoms with Crippen molar-refractivity contribution < 1.29 is 48.0 Å². The number of alkyl carbamates (subject to hydrolysis) is 1. The lowest BCUT2D eigenvalue weighted by atomic mass is 9.89. The molecule has 2 N–H and O–H groups in total. The van der Waals surface area contributed by atoms with E-state index in [0.717, 1.165) is 64.2 Å². The van der Waals surface area contributed by atoms with Gasteiger partial charge in [-0.05, 0) is 37.4 Å². The van der Waals surface area contributed by atoms with Crippen molar-refractivity contribution in [2.75, 3.05) is 19.3 Å². The summed E-state index contributed by atoms with van der Waals surface area (Å²) in [5, 5.41) is 10.4. The zero-order valence-corrected chi connectivity index (χ0v) is 19.3. The molecule has 11 nitrogen and oxygen atoms in total. The van der Waals surface area contributed by atoms with E-state index < -0.39 is 48.9 Å². The minimum Gasteiger partial charge on any atom is -0.480 e. The summed E-state index contributed by atoms with van der Waals surface area (Å²) in [5.41, 5.74) is 0. The highest BCUT2D eigenvalue weighted by atomic mass is 32.2. The molecule has 33 heavy (non-hydrogen) atoms. The number of ether oxygens (including phenoxy) is 4. The zero-order valence-electron chi connectivity index (χ0n) is 18.5. The van der Waals surface area contributed by atoms with E-state index in [1.165, 1.54) is 0 Å². The van der Waals surface area contributed by atoms with E-state index in [2.05, 4.69) is 5.32 Å². The molecule has 1 amide bonds. The van der Waals surface area contributed by atoms with E-state index in [1.807, 2.05) is 0 Å². The molecular formula is C21H31NO10S. The molecule has 0 unspecified atom stereocenters. The van der Waals surface area contributed by atoms with Gasteiger partial charge >= 0.3 is 29.3 Å². The number of carbonyl (C=O) groups is 5. The fraction of sp³-hybridized carbons (Fsp3) is 0.762. The fourth-order valence-corrected chi connectivity index (χ4v) is 4.40. The number of carboxylic acid groups (broad SMARTS) is 1. The van der Waals surface area contributed by atoms with E-state index in [0.29, 0.717) is 11.8 Å². The summed E-state index contributed by atoms with van der Waals surface area (Å²) in [6.45, 7) is -1.18. The van der Waals surface area contributed by atoms with Gasteiger partial charge in [0.15, 0.2) is 0 Å². The van der Waals surface area contributed by atoms with Crippen molar-refractivity contribution in [3.05, 3.63) is 0 Å². The lowest BCUT2D eigenvalue weighted by Gasteiger charge is -2.20. The average molecular weight is 490 g/mol. The lowest BCUT2D eigenvalue weighted by molar-refractivity contribution is -0.158. The van der Waals surface area contributed by atoms with Gasteiger partial charge in [-0.25, -0.2) is 14.4 Å². The maximum Gasteiger partial charge on any atom is 0.410 e. The van der Waals surface area contributed by atoms with E-state index in [4.69, 9.17) is 18.9 Å². The largest absolute Gasteiger partial charge is 0.480 e. The average Bonchev–Trinajstić information content (AvgIpc) is 2.82. The number of nitrogens with one attached hydrogen (secondary N) is 1. The first-order chi connectivity index (χ1) is 15.9. The van der Waals surface area contributed by atoms with Crippen LogP contribution < -0.4 is 5.32 Å². The lowest BCUT2D eigenvalue weighted by Crippen LogP contribution is -2.43. The number of rotatable bonds is 10. The van der Waals surface area contributed by atoms with Crippen LogP contribution in [0.2, 0.25) is 0 Å². The molecule has 0 aromatic rings. The summed E-state index contributed by atoms with van der Waals surface area (Å²) in [6.07, 6.45) is 7.87. The van der Waals surface area contributed by atoms with Crippen LogP contribution in [0, 0.1) is 11.8 Å². The second kappa shape index (κ2) is 14.6. The molecule has 1 atom stereocenters. The second-order valence-electron chi connectivity index (χ2n) is 8.00. The first kappa shape index (κ1) is 26.7. The minimum absolute atomic E-state index is 0.182. The molecule has 0 aliphatic heterocycles. The molecule has 0 aromatic heterocycles. The Hall–Kier alpha value is -2.50. The first-order valence-corrected chi connectivity index (χ1v) is 12.1. The van der Waals surface area contributed by atoms with Gasteiger partial charge < -0.3 is 29.4 Å². The molecule has 0 heterocycles. The Balaban J connectivity index is 1.60. The van der Waals surface area contributed by atoms with Crippen molar-refractivity contribution in [2.24, 2.45) is 11.8 Å². The van der Waals surface area contributed by atoms with E-state index >= 15 is 0 Å². The second-order valence-corrected chi connectivity index (χ2v) is 8.96. The van der Waals surface area contributed by atoms with Crippen LogP contribution in [0.5, 0.6) is 0 Å². The minimum atomic E-state index is -1.45. The normalized spacial score (nSPS) is 17.9. The molecule has 2 aliphatic carbocycles. The van der Waals surface area contributed by atoms with Gasteiger partial charge in [-0.15, -0.1) is 0 Å². The fourth-order valence-electron chi connectivity index (χ4n) is 3.74. The molecule has 0 bridgehead atoms. The van der Waals surface area contributed by atoms with Gasteiger partial charge in [0.1, 0.15) is 6.04 Å². The summed E-state index contributed by atoms with van der Waals surface area (Å²) in [4.78, 5) is 58.7. The van der Waals surface area contributed by atoms with Gasteiger partial charge in [-0.3, -0.25) is 9.59 Å². The summed E-state index contributed by atoms with van der Waals surface area (Å²) in [7, 11) is 0. The number of hydrogen-bond acceptors (Lipinski definition) is 10. The predicted molar refractivity (Wildman–Crippen MR) is 115 cm³/mol. The van der Waals surface area contributed by atoms with Gasteiger partial charge in [0, 0.05) is 5.75 Å². The standard InChI is InChI=1S/C21H31NO10S/c23-17(24)16(22-20(27)31-12-29-18(25)14-7-3-1-4-8-14)11-33-21(28)32-13-30-19(26)15-9-5-2-6-10-15/h14-16H,1-13H2,(H,22,27)(H,23,24)/t16-/m0/s1. The smallest absolute Gasteiger partial charge is 0.410 e. The quantitative estimate of drug-likeness (QED) is 0.343. The van der Waals surface area contributed by atoms with Crippen molar-refractivity contribution in [2.45, 2.75) is 70.3 Å². The molecule has 0 spiro atoms. The Morgan fingerprint density at radius 1 is 0.758 bits per heavy atom. The van der Waals surface area contributed by atoms with Crippen molar-refractivity contribution in [1.82, 2.24) is 5.32 Å². The highest BCUT2D eigenvalue weighted by molar-refractivity contribution is 8.13. The molecule has 0 aromatic carbocycles. The summed E-state index contributed by atoms with van der Waals surface area (Å²) >= 11 is 0.501. The third-order valence-corrected chi connectivity index (χ3v) is 6.46. The van der Waals surface area contributed by atoms with Crippen LogP contribution in [-0.4, -0.2) is 59.8 Å². The molecule has 12 heteroatoms. The van der Waals surface area contributed by atoms with E-state index in [1.54, 1.807) is 0 Å².